The van der Waals surface area contributed by atoms with Gasteiger partial charge in [-0.2, -0.15) is 0 Å². The molecule has 0 unspecified atom stereocenters. The fourth-order valence-electron chi connectivity index (χ4n) is 2.51. The lowest BCUT2D eigenvalue weighted by Gasteiger charge is -2.26. The van der Waals surface area contributed by atoms with E-state index < -0.39 is 0 Å². The molecule has 2 rings (SSSR count). The number of rotatable bonds is 5. The maximum Gasteiger partial charge on any atom is 0.191 e. The minimum absolute atomic E-state index is 0.739. The van der Waals surface area contributed by atoms with Crippen LogP contribution >= 0.6 is 11.3 Å². The Hall–Kier alpha value is -1.14. The SMILES string of the molecule is CN=C(NCCN1CCCCC1)NCc1nc(C)c(C)s1. The van der Waals surface area contributed by atoms with Gasteiger partial charge in [0.2, 0.25) is 0 Å². The molecular weight excluding hydrogens is 282 g/mol. The molecule has 5 nitrogen and oxygen atoms in total. The minimum atomic E-state index is 0.739. The summed E-state index contributed by atoms with van der Waals surface area (Å²) in [7, 11) is 1.81. The van der Waals surface area contributed by atoms with Gasteiger partial charge in [0.25, 0.3) is 0 Å². The van der Waals surface area contributed by atoms with Gasteiger partial charge in [-0.15, -0.1) is 11.3 Å². The van der Waals surface area contributed by atoms with Crippen molar-refractivity contribution in [1.82, 2.24) is 20.5 Å². The van der Waals surface area contributed by atoms with E-state index in [1.54, 1.807) is 11.3 Å². The van der Waals surface area contributed by atoms with Gasteiger partial charge in [0, 0.05) is 25.0 Å². The van der Waals surface area contributed by atoms with Crippen LogP contribution in [0.2, 0.25) is 0 Å². The molecule has 1 aromatic rings. The van der Waals surface area contributed by atoms with Gasteiger partial charge >= 0.3 is 0 Å². The summed E-state index contributed by atoms with van der Waals surface area (Å²) < 4.78 is 0. The van der Waals surface area contributed by atoms with Crippen LogP contribution in [-0.4, -0.2) is 49.1 Å². The summed E-state index contributed by atoms with van der Waals surface area (Å²) in [6, 6.07) is 0. The van der Waals surface area contributed by atoms with Crippen molar-refractivity contribution in [2.75, 3.05) is 33.2 Å². The Morgan fingerprint density at radius 1 is 1.24 bits per heavy atom. The molecule has 0 saturated carbocycles. The van der Waals surface area contributed by atoms with Crippen molar-refractivity contribution in [1.29, 1.82) is 0 Å². The van der Waals surface area contributed by atoms with Gasteiger partial charge in [0.1, 0.15) is 5.01 Å². The summed E-state index contributed by atoms with van der Waals surface area (Å²) in [6.45, 7) is 9.43. The van der Waals surface area contributed by atoms with Gasteiger partial charge < -0.3 is 15.5 Å². The lowest BCUT2D eigenvalue weighted by Crippen LogP contribution is -2.42. The second-order valence-corrected chi connectivity index (χ2v) is 6.79. The molecule has 1 aliphatic heterocycles. The van der Waals surface area contributed by atoms with E-state index in [9.17, 15) is 0 Å². The first-order chi connectivity index (χ1) is 10.2. The largest absolute Gasteiger partial charge is 0.355 e. The average molecular weight is 309 g/mol. The van der Waals surface area contributed by atoms with Crippen molar-refractivity contribution in [3.8, 4) is 0 Å². The van der Waals surface area contributed by atoms with Crippen LogP contribution < -0.4 is 10.6 Å². The maximum atomic E-state index is 4.54. The van der Waals surface area contributed by atoms with Gasteiger partial charge in [-0.3, -0.25) is 4.99 Å². The number of aromatic nitrogens is 1. The number of likely N-dealkylation sites (tertiary alicyclic amines) is 1. The number of nitrogens with one attached hydrogen (secondary N) is 2. The Morgan fingerprint density at radius 3 is 2.62 bits per heavy atom. The van der Waals surface area contributed by atoms with Crippen molar-refractivity contribution in [2.45, 2.75) is 39.7 Å². The number of aryl methyl sites for hydroxylation is 2. The molecule has 0 spiro atoms. The molecule has 6 heteroatoms. The standard InChI is InChI=1S/C15H27N5S/c1-12-13(2)21-14(19-12)11-18-15(16-3)17-7-10-20-8-5-4-6-9-20/h4-11H2,1-3H3,(H2,16,17,18). The van der Waals surface area contributed by atoms with Crippen LogP contribution in [0.5, 0.6) is 0 Å². The molecule has 0 bridgehead atoms. The van der Waals surface area contributed by atoms with Crippen LogP contribution in [0, 0.1) is 13.8 Å². The number of hydrogen-bond donors (Lipinski definition) is 2. The minimum Gasteiger partial charge on any atom is -0.355 e. The highest BCUT2D eigenvalue weighted by Crippen LogP contribution is 2.15. The highest BCUT2D eigenvalue weighted by atomic mass is 32.1. The predicted octanol–water partition coefficient (Wildman–Crippen LogP) is 1.91. The Kier molecular flexibility index (Phi) is 6.45. The highest BCUT2D eigenvalue weighted by molar-refractivity contribution is 7.11. The normalized spacial score (nSPS) is 17.0. The molecule has 0 radical (unpaired) electrons. The molecule has 21 heavy (non-hydrogen) atoms. The first-order valence-electron chi connectivity index (χ1n) is 7.79. The summed E-state index contributed by atoms with van der Waals surface area (Å²) in [6.07, 6.45) is 4.07. The molecule has 1 fully saturated rings. The number of piperidine rings is 1. The number of guanidine groups is 1. The topological polar surface area (TPSA) is 52.6 Å². The van der Waals surface area contributed by atoms with Crippen molar-refractivity contribution >= 4 is 17.3 Å². The van der Waals surface area contributed by atoms with E-state index in [0.29, 0.717) is 0 Å². The lowest BCUT2D eigenvalue weighted by atomic mass is 10.1. The molecular formula is C15H27N5S. The molecule has 0 aliphatic carbocycles. The highest BCUT2D eigenvalue weighted by Gasteiger charge is 2.09. The van der Waals surface area contributed by atoms with Gasteiger partial charge in [-0.05, 0) is 39.8 Å². The molecule has 0 aromatic carbocycles. The van der Waals surface area contributed by atoms with Crippen LogP contribution in [0.25, 0.3) is 0 Å². The number of aliphatic imine (C=N–C) groups is 1. The van der Waals surface area contributed by atoms with E-state index in [0.717, 1.165) is 36.3 Å². The van der Waals surface area contributed by atoms with Crippen LogP contribution in [0.4, 0.5) is 0 Å². The third kappa shape index (κ3) is 5.28. The number of thiazole rings is 1. The molecule has 2 N–H and O–H groups in total. The summed E-state index contributed by atoms with van der Waals surface area (Å²) in [5.74, 6) is 0.859. The zero-order valence-corrected chi connectivity index (χ0v) is 14.2. The first-order valence-corrected chi connectivity index (χ1v) is 8.60. The average Bonchev–Trinajstić information content (AvgIpc) is 2.82. The fourth-order valence-corrected chi connectivity index (χ4v) is 3.38. The van der Waals surface area contributed by atoms with E-state index >= 15 is 0 Å². The quantitative estimate of drug-likeness (QED) is 0.644. The van der Waals surface area contributed by atoms with Crippen LogP contribution in [-0.2, 0) is 6.54 Å². The van der Waals surface area contributed by atoms with Crippen LogP contribution in [0.3, 0.4) is 0 Å². The maximum absolute atomic E-state index is 4.54. The first kappa shape index (κ1) is 16.2. The Morgan fingerprint density at radius 2 is 2.00 bits per heavy atom. The zero-order valence-electron chi connectivity index (χ0n) is 13.4. The van der Waals surface area contributed by atoms with Crippen LogP contribution in [0.1, 0.15) is 34.8 Å². The van der Waals surface area contributed by atoms with E-state index in [1.807, 2.05) is 7.05 Å². The van der Waals surface area contributed by atoms with E-state index in [4.69, 9.17) is 0 Å². The zero-order chi connectivity index (χ0) is 15.1. The molecule has 1 aromatic heterocycles. The second-order valence-electron chi connectivity index (χ2n) is 5.50. The Bertz CT molecular complexity index is 443. The van der Waals surface area contributed by atoms with E-state index in [-0.39, 0.29) is 0 Å². The Labute approximate surface area is 131 Å². The lowest BCUT2D eigenvalue weighted by molar-refractivity contribution is 0.232. The van der Waals surface area contributed by atoms with Gasteiger partial charge in [0.15, 0.2) is 5.96 Å². The van der Waals surface area contributed by atoms with Gasteiger partial charge in [-0.1, -0.05) is 6.42 Å². The summed E-state index contributed by atoms with van der Waals surface area (Å²) >= 11 is 1.75. The van der Waals surface area contributed by atoms with E-state index in [1.165, 1.54) is 37.2 Å². The Balaban J connectivity index is 1.68. The monoisotopic (exact) mass is 309 g/mol. The molecule has 0 atom stereocenters. The molecule has 1 aliphatic rings. The molecule has 118 valence electrons. The van der Waals surface area contributed by atoms with Crippen molar-refractivity contribution in [2.24, 2.45) is 4.99 Å². The van der Waals surface area contributed by atoms with Gasteiger partial charge in [0.05, 0.1) is 12.2 Å². The third-order valence-corrected chi connectivity index (χ3v) is 4.95. The van der Waals surface area contributed by atoms with Crippen molar-refractivity contribution < 1.29 is 0 Å². The summed E-state index contributed by atoms with van der Waals surface area (Å²) in [4.78, 5) is 12.6. The second kappa shape index (κ2) is 8.34. The van der Waals surface area contributed by atoms with E-state index in [2.05, 4.69) is 39.4 Å². The third-order valence-electron chi connectivity index (χ3n) is 3.87. The number of nitrogens with zero attached hydrogens (tertiary/aromatic N) is 3. The van der Waals surface area contributed by atoms with Crippen molar-refractivity contribution in [3.05, 3.63) is 15.6 Å². The van der Waals surface area contributed by atoms with Gasteiger partial charge in [-0.25, -0.2) is 4.98 Å². The molecule has 0 amide bonds. The molecule has 1 saturated heterocycles. The molecule has 2 heterocycles. The fraction of sp³-hybridized carbons (Fsp3) is 0.733. The summed E-state index contributed by atoms with van der Waals surface area (Å²) in [5.41, 5.74) is 1.13. The smallest absolute Gasteiger partial charge is 0.191 e. The van der Waals surface area contributed by atoms with Crippen molar-refractivity contribution in [3.63, 3.8) is 0 Å². The predicted molar refractivity (Wildman–Crippen MR) is 90.1 cm³/mol. The van der Waals surface area contributed by atoms with Crippen LogP contribution in [0.15, 0.2) is 4.99 Å². The number of hydrogen-bond acceptors (Lipinski definition) is 4. The summed E-state index contributed by atoms with van der Waals surface area (Å²) in [5, 5.41) is 7.83.